The first-order chi connectivity index (χ1) is 11.8. The second-order valence-electron chi connectivity index (χ2n) is 6.61. The number of likely N-dealkylation sites (tertiary alicyclic amines) is 1. The zero-order chi connectivity index (χ0) is 18.2. The fourth-order valence-electron chi connectivity index (χ4n) is 3.52. The lowest BCUT2D eigenvalue weighted by Gasteiger charge is -2.36. The van der Waals surface area contributed by atoms with E-state index in [4.69, 9.17) is 0 Å². The molecule has 6 nitrogen and oxygen atoms in total. The molecule has 136 valence electrons. The van der Waals surface area contributed by atoms with Crippen LogP contribution in [0.2, 0.25) is 0 Å². The Bertz CT molecular complexity index is 880. The van der Waals surface area contributed by atoms with Crippen molar-refractivity contribution in [3.63, 3.8) is 0 Å². The number of sulfonamides is 1. The maximum atomic E-state index is 12.9. The molecule has 0 aliphatic carbocycles. The van der Waals surface area contributed by atoms with Gasteiger partial charge in [-0.1, -0.05) is 6.07 Å². The van der Waals surface area contributed by atoms with Crippen molar-refractivity contribution >= 4 is 26.8 Å². The largest absolute Gasteiger partial charge is 0.351 e. The number of carbonyl (C=O) groups is 1. The second kappa shape index (κ2) is 6.80. The van der Waals surface area contributed by atoms with E-state index in [0.717, 1.165) is 10.9 Å². The average Bonchev–Trinajstić information content (AvgIpc) is 3.02. The van der Waals surface area contributed by atoms with Crippen LogP contribution in [0.25, 0.3) is 10.9 Å². The van der Waals surface area contributed by atoms with E-state index < -0.39 is 10.0 Å². The van der Waals surface area contributed by atoms with E-state index in [2.05, 4.69) is 0 Å². The van der Waals surface area contributed by atoms with Gasteiger partial charge < -0.3 is 9.47 Å². The third kappa shape index (κ3) is 3.30. The zero-order valence-corrected chi connectivity index (χ0v) is 15.8. The number of nitrogens with zero attached hydrogens (tertiary/aromatic N) is 3. The Morgan fingerprint density at radius 2 is 1.92 bits per heavy atom. The Hall–Kier alpha value is -1.86. The van der Waals surface area contributed by atoms with Crippen molar-refractivity contribution in [2.75, 3.05) is 25.9 Å². The summed E-state index contributed by atoms with van der Waals surface area (Å²) < 4.78 is 27.5. The number of aromatic nitrogens is 1. The number of hydrogen-bond donors (Lipinski definition) is 0. The van der Waals surface area contributed by atoms with Gasteiger partial charge in [-0.25, -0.2) is 12.7 Å². The quantitative estimate of drug-likeness (QED) is 0.835. The molecule has 2 aromatic rings. The van der Waals surface area contributed by atoms with Gasteiger partial charge in [-0.15, -0.1) is 0 Å². The van der Waals surface area contributed by atoms with E-state index in [0.29, 0.717) is 31.5 Å². The molecule has 0 radical (unpaired) electrons. The van der Waals surface area contributed by atoms with E-state index in [1.54, 1.807) is 14.0 Å². The van der Waals surface area contributed by atoms with E-state index in [1.165, 1.54) is 4.31 Å². The van der Waals surface area contributed by atoms with E-state index in [-0.39, 0.29) is 17.7 Å². The maximum Gasteiger partial charge on any atom is 0.254 e. The standard InChI is InChI=1S/C18H25N3O3S/c1-4-25(23,24)20(3)14-8-12-21(13-9-14)18(22)16-6-5-7-17-15(16)10-11-19(17)2/h5-7,10-11,14H,4,8-9,12-13H2,1-3H3. The van der Waals surface area contributed by atoms with Gasteiger partial charge in [-0.2, -0.15) is 0 Å². The fraction of sp³-hybridized carbons (Fsp3) is 0.500. The Morgan fingerprint density at radius 1 is 1.24 bits per heavy atom. The minimum absolute atomic E-state index is 0.0243. The Labute approximate surface area is 149 Å². The highest BCUT2D eigenvalue weighted by atomic mass is 32.2. The molecule has 1 aromatic carbocycles. The number of amides is 1. The van der Waals surface area contributed by atoms with Gasteiger partial charge in [-0.05, 0) is 38.0 Å². The van der Waals surface area contributed by atoms with Crippen LogP contribution in [0.5, 0.6) is 0 Å². The third-order valence-electron chi connectivity index (χ3n) is 5.23. The number of aryl methyl sites for hydroxylation is 1. The van der Waals surface area contributed by atoms with Gasteiger partial charge in [0.15, 0.2) is 0 Å². The molecule has 1 aliphatic heterocycles. The van der Waals surface area contributed by atoms with Crippen LogP contribution in [0.15, 0.2) is 30.5 Å². The van der Waals surface area contributed by atoms with Crippen molar-refractivity contribution in [3.05, 3.63) is 36.0 Å². The molecule has 0 bridgehead atoms. The van der Waals surface area contributed by atoms with Crippen molar-refractivity contribution in [1.29, 1.82) is 0 Å². The second-order valence-corrected chi connectivity index (χ2v) is 8.92. The SMILES string of the molecule is CCS(=O)(=O)N(C)C1CCN(C(=O)c2cccc3c2ccn3C)CC1. The van der Waals surface area contributed by atoms with Crippen LogP contribution < -0.4 is 0 Å². The summed E-state index contributed by atoms with van der Waals surface area (Å²) in [7, 11) is 0.422. The summed E-state index contributed by atoms with van der Waals surface area (Å²) in [6.45, 7) is 2.82. The molecule has 0 spiro atoms. The summed E-state index contributed by atoms with van der Waals surface area (Å²) in [6, 6.07) is 7.72. The molecule has 3 rings (SSSR count). The van der Waals surface area contributed by atoms with Gasteiger partial charge in [0.25, 0.3) is 5.91 Å². The van der Waals surface area contributed by atoms with Gasteiger partial charge >= 0.3 is 0 Å². The van der Waals surface area contributed by atoms with Gasteiger partial charge in [-0.3, -0.25) is 4.79 Å². The molecule has 7 heteroatoms. The number of piperidine rings is 1. The van der Waals surface area contributed by atoms with Crippen LogP contribution in [-0.2, 0) is 17.1 Å². The summed E-state index contributed by atoms with van der Waals surface area (Å²) in [5, 5.41) is 0.961. The normalized spacial score (nSPS) is 16.7. The average molecular weight is 363 g/mol. The molecule has 0 N–H and O–H groups in total. The molecule has 2 heterocycles. The molecule has 0 saturated carbocycles. The predicted octanol–water partition coefficient (Wildman–Crippen LogP) is 2.06. The summed E-state index contributed by atoms with van der Waals surface area (Å²) in [4.78, 5) is 14.8. The van der Waals surface area contributed by atoms with Gasteiger partial charge in [0.1, 0.15) is 0 Å². The molecule has 0 atom stereocenters. The van der Waals surface area contributed by atoms with Crippen LogP contribution in [0.4, 0.5) is 0 Å². The molecular weight excluding hydrogens is 338 g/mol. The number of benzene rings is 1. The summed E-state index contributed by atoms with van der Waals surface area (Å²) >= 11 is 0. The zero-order valence-electron chi connectivity index (χ0n) is 15.0. The smallest absolute Gasteiger partial charge is 0.254 e. The molecule has 1 amide bonds. The molecule has 1 aliphatic rings. The first-order valence-corrected chi connectivity index (χ1v) is 10.2. The van der Waals surface area contributed by atoms with Crippen molar-refractivity contribution in [2.45, 2.75) is 25.8 Å². The molecule has 1 saturated heterocycles. The fourth-order valence-corrected chi connectivity index (χ4v) is 4.59. The molecule has 1 fully saturated rings. The maximum absolute atomic E-state index is 12.9. The summed E-state index contributed by atoms with van der Waals surface area (Å²) in [5.74, 6) is 0.134. The molecular formula is C18H25N3O3S. The monoisotopic (exact) mass is 363 g/mol. The van der Waals surface area contributed by atoms with Crippen molar-refractivity contribution in [2.24, 2.45) is 7.05 Å². The van der Waals surface area contributed by atoms with Gasteiger partial charge in [0, 0.05) is 55.9 Å². The molecule has 1 aromatic heterocycles. The van der Waals surface area contributed by atoms with Crippen LogP contribution >= 0.6 is 0 Å². The van der Waals surface area contributed by atoms with Crippen LogP contribution in [0.1, 0.15) is 30.1 Å². The first-order valence-electron chi connectivity index (χ1n) is 8.64. The Kier molecular flexibility index (Phi) is 4.88. The Morgan fingerprint density at radius 3 is 2.56 bits per heavy atom. The molecule has 25 heavy (non-hydrogen) atoms. The topological polar surface area (TPSA) is 62.6 Å². The number of carbonyl (C=O) groups excluding carboxylic acids is 1. The highest BCUT2D eigenvalue weighted by Gasteiger charge is 2.30. The van der Waals surface area contributed by atoms with Crippen molar-refractivity contribution in [3.8, 4) is 0 Å². The Balaban J connectivity index is 1.73. The van der Waals surface area contributed by atoms with Crippen LogP contribution in [0.3, 0.4) is 0 Å². The van der Waals surface area contributed by atoms with E-state index >= 15 is 0 Å². The van der Waals surface area contributed by atoms with Crippen molar-refractivity contribution < 1.29 is 13.2 Å². The number of rotatable bonds is 4. The van der Waals surface area contributed by atoms with Gasteiger partial charge in [0.05, 0.1) is 5.75 Å². The lowest BCUT2D eigenvalue weighted by Crippen LogP contribution is -2.47. The molecule has 0 unspecified atom stereocenters. The van der Waals surface area contributed by atoms with Crippen LogP contribution in [0, 0.1) is 0 Å². The predicted molar refractivity (Wildman–Crippen MR) is 99.1 cm³/mol. The van der Waals surface area contributed by atoms with Gasteiger partial charge in [0.2, 0.25) is 10.0 Å². The van der Waals surface area contributed by atoms with Crippen molar-refractivity contribution in [1.82, 2.24) is 13.8 Å². The lowest BCUT2D eigenvalue weighted by molar-refractivity contribution is 0.0688. The van der Waals surface area contributed by atoms with E-state index in [1.807, 2.05) is 47.0 Å². The number of hydrogen-bond acceptors (Lipinski definition) is 3. The summed E-state index contributed by atoms with van der Waals surface area (Å²) in [5.41, 5.74) is 1.75. The third-order valence-corrected chi connectivity index (χ3v) is 7.13. The van der Waals surface area contributed by atoms with E-state index in [9.17, 15) is 13.2 Å². The summed E-state index contributed by atoms with van der Waals surface area (Å²) in [6.07, 6.45) is 3.30. The first kappa shape index (κ1) is 17.9. The minimum Gasteiger partial charge on any atom is -0.351 e. The van der Waals surface area contributed by atoms with Crippen LogP contribution in [-0.4, -0.2) is 60.0 Å². The number of fused-ring (bicyclic) bond motifs is 1. The lowest BCUT2D eigenvalue weighted by atomic mass is 10.0. The highest BCUT2D eigenvalue weighted by molar-refractivity contribution is 7.89. The minimum atomic E-state index is -3.19. The highest BCUT2D eigenvalue weighted by Crippen LogP contribution is 2.24.